The smallest absolute Gasteiger partial charge is 0.239 e. The van der Waals surface area contributed by atoms with Crippen LogP contribution < -0.4 is 15.4 Å². The van der Waals surface area contributed by atoms with Crippen molar-refractivity contribution in [2.75, 3.05) is 25.5 Å². The molecule has 88 valence electrons. The summed E-state index contributed by atoms with van der Waals surface area (Å²) in [6.07, 6.45) is 0. The molecular weight excluding hydrogens is 272 g/mol. The molecular formula is C11H15BrN2O2. The molecule has 5 heteroatoms. The number of hydrogen-bond acceptors (Lipinski definition) is 3. The first-order valence-corrected chi connectivity index (χ1v) is 5.80. The van der Waals surface area contributed by atoms with Gasteiger partial charge in [0.05, 0.1) is 18.1 Å². The van der Waals surface area contributed by atoms with Crippen LogP contribution in [0.2, 0.25) is 0 Å². The van der Waals surface area contributed by atoms with Crippen molar-refractivity contribution in [2.24, 2.45) is 0 Å². The van der Waals surface area contributed by atoms with Crippen LogP contribution in [0.5, 0.6) is 5.75 Å². The number of halogens is 1. The van der Waals surface area contributed by atoms with E-state index < -0.39 is 0 Å². The first-order valence-electron chi connectivity index (χ1n) is 5.01. The number of hydrogen-bond donors (Lipinski definition) is 2. The third-order valence-corrected chi connectivity index (χ3v) is 2.60. The van der Waals surface area contributed by atoms with Crippen molar-refractivity contribution in [1.29, 1.82) is 0 Å². The summed E-state index contributed by atoms with van der Waals surface area (Å²) in [6.45, 7) is 2.81. The molecule has 2 N–H and O–H groups in total. The number of methoxy groups -OCH3 is 1. The van der Waals surface area contributed by atoms with E-state index in [4.69, 9.17) is 4.74 Å². The Morgan fingerprint density at radius 1 is 1.50 bits per heavy atom. The molecule has 0 unspecified atom stereocenters. The van der Waals surface area contributed by atoms with Gasteiger partial charge >= 0.3 is 0 Å². The van der Waals surface area contributed by atoms with E-state index in [0.717, 1.165) is 15.9 Å². The number of carbonyl (C=O) groups excluding carboxylic acids is 1. The Morgan fingerprint density at radius 3 is 2.81 bits per heavy atom. The molecule has 1 rings (SSSR count). The average Bonchev–Trinajstić information content (AvgIpc) is 2.27. The van der Waals surface area contributed by atoms with Gasteiger partial charge in [0.1, 0.15) is 5.75 Å². The Labute approximate surface area is 103 Å². The van der Waals surface area contributed by atoms with Crippen LogP contribution >= 0.6 is 15.9 Å². The zero-order valence-electron chi connectivity index (χ0n) is 9.34. The standard InChI is InChI=1S/C11H15BrN2O2/c1-3-13-11(15)7-14-8-4-5-10(16-2)9(12)6-8/h4-6,14H,3,7H2,1-2H3,(H,13,15). The Hall–Kier alpha value is -1.23. The number of rotatable bonds is 5. The largest absolute Gasteiger partial charge is 0.496 e. The molecule has 1 amide bonds. The van der Waals surface area contributed by atoms with E-state index >= 15 is 0 Å². The van der Waals surface area contributed by atoms with Crippen molar-refractivity contribution in [3.63, 3.8) is 0 Å². The van der Waals surface area contributed by atoms with Crippen molar-refractivity contribution in [3.8, 4) is 5.75 Å². The number of benzene rings is 1. The zero-order chi connectivity index (χ0) is 12.0. The highest BCUT2D eigenvalue weighted by atomic mass is 79.9. The van der Waals surface area contributed by atoms with E-state index in [2.05, 4.69) is 26.6 Å². The molecule has 0 fully saturated rings. The van der Waals surface area contributed by atoms with Crippen molar-refractivity contribution in [2.45, 2.75) is 6.92 Å². The maximum atomic E-state index is 11.2. The predicted molar refractivity (Wildman–Crippen MR) is 67.9 cm³/mol. The van der Waals surface area contributed by atoms with Gasteiger partial charge in [-0.2, -0.15) is 0 Å². The first kappa shape index (κ1) is 12.8. The Balaban J connectivity index is 2.55. The monoisotopic (exact) mass is 286 g/mol. The Morgan fingerprint density at radius 2 is 2.25 bits per heavy atom. The summed E-state index contributed by atoms with van der Waals surface area (Å²) in [5, 5.41) is 5.74. The number of nitrogens with one attached hydrogen (secondary N) is 2. The number of ether oxygens (including phenoxy) is 1. The van der Waals surface area contributed by atoms with E-state index in [1.807, 2.05) is 25.1 Å². The van der Waals surface area contributed by atoms with Crippen LogP contribution in [-0.2, 0) is 4.79 Å². The second-order valence-corrected chi connectivity index (χ2v) is 4.01. The third-order valence-electron chi connectivity index (χ3n) is 1.98. The van der Waals surface area contributed by atoms with Gasteiger partial charge in [-0.3, -0.25) is 4.79 Å². The summed E-state index contributed by atoms with van der Waals surface area (Å²) in [4.78, 5) is 11.2. The summed E-state index contributed by atoms with van der Waals surface area (Å²) >= 11 is 3.38. The van der Waals surface area contributed by atoms with Crippen LogP contribution in [0.4, 0.5) is 5.69 Å². The zero-order valence-corrected chi connectivity index (χ0v) is 10.9. The lowest BCUT2D eigenvalue weighted by atomic mass is 10.3. The second kappa shape index (κ2) is 6.37. The number of amides is 1. The molecule has 0 aromatic heterocycles. The summed E-state index contributed by atoms with van der Waals surface area (Å²) in [5.74, 6) is 0.748. The highest BCUT2D eigenvalue weighted by molar-refractivity contribution is 9.10. The lowest BCUT2D eigenvalue weighted by Gasteiger charge is -2.08. The normalized spacial score (nSPS) is 9.69. The Kier molecular flexibility index (Phi) is 5.11. The fourth-order valence-corrected chi connectivity index (χ4v) is 1.76. The molecule has 0 radical (unpaired) electrons. The van der Waals surface area contributed by atoms with Gasteiger partial charge in [0.15, 0.2) is 0 Å². The minimum atomic E-state index is -0.0190. The van der Waals surface area contributed by atoms with Gasteiger partial charge in [0.2, 0.25) is 5.91 Å². The topological polar surface area (TPSA) is 50.4 Å². The first-order chi connectivity index (χ1) is 7.67. The van der Waals surface area contributed by atoms with Crippen molar-refractivity contribution in [1.82, 2.24) is 5.32 Å². The fraction of sp³-hybridized carbons (Fsp3) is 0.364. The highest BCUT2D eigenvalue weighted by Crippen LogP contribution is 2.27. The third kappa shape index (κ3) is 3.73. The van der Waals surface area contributed by atoms with Crippen LogP contribution in [0, 0.1) is 0 Å². The summed E-state index contributed by atoms with van der Waals surface area (Å²) in [5.41, 5.74) is 0.874. The van der Waals surface area contributed by atoms with Crippen LogP contribution in [0.15, 0.2) is 22.7 Å². The van der Waals surface area contributed by atoms with Gasteiger partial charge < -0.3 is 15.4 Å². The van der Waals surface area contributed by atoms with Crippen molar-refractivity contribution >= 4 is 27.5 Å². The number of carbonyl (C=O) groups is 1. The molecule has 0 heterocycles. The minimum Gasteiger partial charge on any atom is -0.496 e. The molecule has 16 heavy (non-hydrogen) atoms. The lowest BCUT2D eigenvalue weighted by molar-refractivity contribution is -0.119. The number of anilines is 1. The quantitative estimate of drug-likeness (QED) is 0.871. The second-order valence-electron chi connectivity index (χ2n) is 3.16. The SMILES string of the molecule is CCNC(=O)CNc1ccc(OC)c(Br)c1. The van der Waals surface area contributed by atoms with Gasteiger partial charge in [-0.05, 0) is 41.1 Å². The van der Waals surface area contributed by atoms with E-state index in [0.29, 0.717) is 6.54 Å². The molecule has 0 saturated heterocycles. The van der Waals surface area contributed by atoms with Crippen LogP contribution in [-0.4, -0.2) is 26.1 Å². The van der Waals surface area contributed by atoms with E-state index in [1.165, 1.54) is 0 Å². The molecule has 0 aliphatic rings. The molecule has 4 nitrogen and oxygen atoms in total. The summed E-state index contributed by atoms with van der Waals surface area (Å²) < 4.78 is 5.97. The number of likely N-dealkylation sites (N-methyl/N-ethyl adjacent to an activating group) is 1. The average molecular weight is 287 g/mol. The molecule has 0 aliphatic carbocycles. The summed E-state index contributed by atoms with van der Waals surface area (Å²) in [7, 11) is 1.61. The lowest BCUT2D eigenvalue weighted by Crippen LogP contribution is -2.29. The molecule has 0 atom stereocenters. The van der Waals surface area contributed by atoms with Gasteiger partial charge in [-0.15, -0.1) is 0 Å². The van der Waals surface area contributed by atoms with Crippen LogP contribution in [0.3, 0.4) is 0 Å². The molecule has 1 aromatic carbocycles. The maximum absolute atomic E-state index is 11.2. The van der Waals surface area contributed by atoms with Gasteiger partial charge in [-0.1, -0.05) is 0 Å². The van der Waals surface area contributed by atoms with Crippen molar-refractivity contribution < 1.29 is 9.53 Å². The van der Waals surface area contributed by atoms with E-state index in [9.17, 15) is 4.79 Å². The molecule has 0 spiro atoms. The van der Waals surface area contributed by atoms with Crippen molar-refractivity contribution in [3.05, 3.63) is 22.7 Å². The minimum absolute atomic E-state index is 0.0190. The highest BCUT2D eigenvalue weighted by Gasteiger charge is 2.02. The van der Waals surface area contributed by atoms with Crippen LogP contribution in [0.25, 0.3) is 0 Å². The molecule has 0 aliphatic heterocycles. The van der Waals surface area contributed by atoms with Gasteiger partial charge in [0.25, 0.3) is 0 Å². The van der Waals surface area contributed by atoms with Gasteiger partial charge in [0, 0.05) is 12.2 Å². The summed E-state index contributed by atoms with van der Waals surface area (Å²) in [6, 6.07) is 5.57. The molecule has 0 bridgehead atoms. The van der Waals surface area contributed by atoms with E-state index in [-0.39, 0.29) is 12.5 Å². The predicted octanol–water partition coefficient (Wildman–Crippen LogP) is 2.01. The van der Waals surface area contributed by atoms with Crippen LogP contribution in [0.1, 0.15) is 6.92 Å². The van der Waals surface area contributed by atoms with E-state index in [1.54, 1.807) is 7.11 Å². The molecule has 0 saturated carbocycles. The van der Waals surface area contributed by atoms with Gasteiger partial charge in [-0.25, -0.2) is 0 Å². The Bertz CT molecular complexity index is 369. The maximum Gasteiger partial charge on any atom is 0.239 e. The molecule has 1 aromatic rings. The fourth-order valence-electron chi connectivity index (χ4n) is 1.22.